The Labute approximate surface area is 227 Å². The van der Waals surface area contributed by atoms with E-state index in [-0.39, 0.29) is 11.8 Å². The van der Waals surface area contributed by atoms with Crippen LogP contribution >= 0.6 is 0 Å². The lowest BCUT2D eigenvalue weighted by Crippen LogP contribution is -2.15. The van der Waals surface area contributed by atoms with Gasteiger partial charge in [0, 0.05) is 11.8 Å². The third-order valence-electron chi connectivity index (χ3n) is 6.81. The van der Waals surface area contributed by atoms with Crippen molar-refractivity contribution in [3.8, 4) is 0 Å². The minimum absolute atomic E-state index is 0.113. The number of hydrogen-bond donors (Lipinski definition) is 0. The van der Waals surface area contributed by atoms with Crippen molar-refractivity contribution in [2.24, 2.45) is 20.9 Å². The van der Waals surface area contributed by atoms with Gasteiger partial charge in [-0.2, -0.15) is 0 Å². The number of aliphatic imine (C=N–C) groups is 3. The number of hydrogen-bond acceptors (Lipinski definition) is 1. The van der Waals surface area contributed by atoms with Crippen LogP contribution < -0.4 is 0 Å². The molecule has 192 valence electrons. The summed E-state index contributed by atoms with van der Waals surface area (Å²) in [5.74, 6) is 1.82. The first-order valence-electron chi connectivity index (χ1n) is 13.5. The van der Waals surface area contributed by atoms with Crippen molar-refractivity contribution in [3.05, 3.63) is 138 Å². The van der Waals surface area contributed by atoms with Crippen molar-refractivity contribution in [1.82, 2.24) is 0 Å². The Hall–Kier alpha value is -4.11. The van der Waals surface area contributed by atoms with Crippen LogP contribution in [0.25, 0.3) is 5.57 Å². The molecule has 3 nitrogen and oxygen atoms in total. The molecule has 2 atom stereocenters. The molecular weight excluding hydrogens is 462 g/mol. The standard InChI is InChI=1S/C35H37N3/c1-4-6-17-28(5-2)30-20-13-21-31(24-30)32-22-14-23-33(25-32)35(37-26-27-15-9-7-10-16-27)38-34(36-3)29-18-11-8-12-19-29/h5-18,20-24,29,32H,3-4,19,25-26H2,1-2H3/b17-6-,28-5+,37-35?,38-34?. The quantitative estimate of drug-likeness (QED) is 0.198. The van der Waals surface area contributed by atoms with Gasteiger partial charge in [0.1, 0.15) is 5.84 Å². The molecule has 38 heavy (non-hydrogen) atoms. The maximum atomic E-state index is 5.01. The van der Waals surface area contributed by atoms with Gasteiger partial charge >= 0.3 is 0 Å². The van der Waals surface area contributed by atoms with Crippen LogP contribution in [0.2, 0.25) is 0 Å². The summed E-state index contributed by atoms with van der Waals surface area (Å²) < 4.78 is 0. The Morgan fingerprint density at radius 3 is 2.63 bits per heavy atom. The largest absolute Gasteiger partial charge is 0.262 e. The Kier molecular flexibility index (Phi) is 9.92. The summed E-state index contributed by atoms with van der Waals surface area (Å²) in [7, 11) is 0. The fraction of sp³-hybridized carbons (Fsp3) is 0.229. The smallest absolute Gasteiger partial charge is 0.153 e. The molecule has 0 aliphatic heterocycles. The highest BCUT2D eigenvalue weighted by atomic mass is 15.0. The average Bonchev–Trinajstić information content (AvgIpc) is 2.99. The van der Waals surface area contributed by atoms with E-state index < -0.39 is 0 Å². The molecule has 0 saturated carbocycles. The maximum absolute atomic E-state index is 5.01. The van der Waals surface area contributed by atoms with Gasteiger partial charge in [0.15, 0.2) is 5.84 Å². The molecule has 2 aliphatic rings. The number of amidine groups is 2. The lowest BCUT2D eigenvalue weighted by molar-refractivity contribution is 0.829. The van der Waals surface area contributed by atoms with Gasteiger partial charge in [-0.15, -0.1) is 0 Å². The molecule has 0 bridgehead atoms. The second kappa shape index (κ2) is 14.0. The van der Waals surface area contributed by atoms with Crippen LogP contribution in [0, 0.1) is 5.92 Å². The van der Waals surface area contributed by atoms with Gasteiger partial charge < -0.3 is 0 Å². The van der Waals surface area contributed by atoms with E-state index in [4.69, 9.17) is 9.98 Å². The first-order chi connectivity index (χ1) is 18.7. The minimum Gasteiger partial charge on any atom is -0.262 e. The molecule has 2 aromatic carbocycles. The van der Waals surface area contributed by atoms with Crippen LogP contribution in [-0.4, -0.2) is 18.4 Å². The first-order valence-corrected chi connectivity index (χ1v) is 13.5. The summed E-state index contributed by atoms with van der Waals surface area (Å²) in [6.45, 7) is 8.66. The number of benzene rings is 2. The van der Waals surface area contributed by atoms with Gasteiger partial charge in [0.2, 0.25) is 0 Å². The minimum atomic E-state index is 0.113. The van der Waals surface area contributed by atoms with E-state index in [1.165, 1.54) is 16.7 Å². The highest BCUT2D eigenvalue weighted by molar-refractivity contribution is 6.08. The van der Waals surface area contributed by atoms with Crippen molar-refractivity contribution < 1.29 is 0 Å². The number of allylic oxidation sites excluding steroid dienone is 10. The molecule has 2 aromatic rings. The summed E-state index contributed by atoms with van der Waals surface area (Å²) in [6, 6.07) is 19.2. The van der Waals surface area contributed by atoms with Crippen LogP contribution in [0.3, 0.4) is 0 Å². The van der Waals surface area contributed by atoms with E-state index in [0.29, 0.717) is 12.4 Å². The molecule has 2 aliphatic carbocycles. The third kappa shape index (κ3) is 7.23. The second-order valence-electron chi connectivity index (χ2n) is 9.48. The summed E-state index contributed by atoms with van der Waals surface area (Å²) in [4.78, 5) is 14.3. The molecular formula is C35H37N3. The molecule has 0 N–H and O–H groups in total. The zero-order valence-corrected chi connectivity index (χ0v) is 22.5. The van der Waals surface area contributed by atoms with Crippen LogP contribution in [0.4, 0.5) is 0 Å². The van der Waals surface area contributed by atoms with E-state index >= 15 is 0 Å². The number of rotatable bonds is 8. The van der Waals surface area contributed by atoms with E-state index in [2.05, 4.69) is 123 Å². The molecule has 2 unspecified atom stereocenters. The summed E-state index contributed by atoms with van der Waals surface area (Å²) >= 11 is 0. The molecule has 0 radical (unpaired) electrons. The van der Waals surface area contributed by atoms with Crippen molar-refractivity contribution in [2.75, 3.05) is 0 Å². The predicted molar refractivity (Wildman–Crippen MR) is 165 cm³/mol. The highest BCUT2D eigenvalue weighted by Crippen LogP contribution is 2.32. The molecule has 4 rings (SSSR count). The lowest BCUT2D eigenvalue weighted by Gasteiger charge is -2.21. The lowest BCUT2D eigenvalue weighted by atomic mass is 9.86. The van der Waals surface area contributed by atoms with Gasteiger partial charge in [-0.25, -0.2) is 9.98 Å². The van der Waals surface area contributed by atoms with Crippen molar-refractivity contribution in [1.29, 1.82) is 0 Å². The van der Waals surface area contributed by atoms with E-state index in [9.17, 15) is 0 Å². The predicted octanol–water partition coefficient (Wildman–Crippen LogP) is 8.86. The van der Waals surface area contributed by atoms with Crippen LogP contribution in [0.1, 0.15) is 55.7 Å². The van der Waals surface area contributed by atoms with Crippen LogP contribution in [0.15, 0.2) is 136 Å². The first kappa shape index (κ1) is 26.9. The molecule has 0 heterocycles. The average molecular weight is 500 g/mol. The fourth-order valence-corrected chi connectivity index (χ4v) is 4.70. The summed E-state index contributed by atoms with van der Waals surface area (Å²) in [6.07, 6.45) is 24.3. The second-order valence-corrected chi connectivity index (χ2v) is 9.48. The van der Waals surface area contributed by atoms with Crippen LogP contribution in [0.5, 0.6) is 0 Å². The maximum Gasteiger partial charge on any atom is 0.153 e. The fourth-order valence-electron chi connectivity index (χ4n) is 4.70. The van der Waals surface area contributed by atoms with Crippen molar-refractivity contribution in [3.63, 3.8) is 0 Å². The summed E-state index contributed by atoms with van der Waals surface area (Å²) in [5, 5.41) is 0. The van der Waals surface area contributed by atoms with Gasteiger partial charge in [-0.05, 0) is 60.7 Å². The molecule has 0 fully saturated rings. The van der Waals surface area contributed by atoms with E-state index in [1.54, 1.807) is 0 Å². The zero-order valence-electron chi connectivity index (χ0n) is 22.5. The van der Waals surface area contributed by atoms with Crippen LogP contribution in [-0.2, 0) is 6.54 Å². The Morgan fingerprint density at radius 1 is 1.03 bits per heavy atom. The topological polar surface area (TPSA) is 37.1 Å². The van der Waals surface area contributed by atoms with Gasteiger partial charge in [0.05, 0.1) is 6.54 Å². The summed E-state index contributed by atoms with van der Waals surface area (Å²) in [5.41, 5.74) is 6.06. The van der Waals surface area contributed by atoms with Gasteiger partial charge in [0.25, 0.3) is 0 Å². The molecule has 0 saturated heterocycles. The molecule has 0 amide bonds. The third-order valence-corrected chi connectivity index (χ3v) is 6.81. The van der Waals surface area contributed by atoms with E-state index in [1.807, 2.05) is 18.2 Å². The van der Waals surface area contributed by atoms with Gasteiger partial charge in [-0.3, -0.25) is 4.99 Å². The zero-order chi connectivity index (χ0) is 26.6. The SMILES string of the molecule is C=NC(=NC(=NCc1ccccc1)C1=CC=CC(c2cccc(C(/C=C\CC)=C/C)c2)C1)C1C=CC=CC1. The van der Waals surface area contributed by atoms with Crippen molar-refractivity contribution >= 4 is 24.0 Å². The Bertz CT molecular complexity index is 1350. The normalized spacial score (nSPS) is 20.2. The Balaban J connectivity index is 1.63. The monoisotopic (exact) mass is 499 g/mol. The molecule has 0 aromatic heterocycles. The number of nitrogens with zero attached hydrogens (tertiary/aromatic N) is 3. The Morgan fingerprint density at radius 2 is 1.89 bits per heavy atom. The molecule has 3 heteroatoms. The van der Waals surface area contributed by atoms with Gasteiger partial charge in [-0.1, -0.05) is 122 Å². The van der Waals surface area contributed by atoms with Crippen molar-refractivity contribution in [2.45, 2.75) is 45.6 Å². The van der Waals surface area contributed by atoms with E-state index in [0.717, 1.165) is 36.2 Å². The highest BCUT2D eigenvalue weighted by Gasteiger charge is 2.20. The molecule has 0 spiro atoms.